The van der Waals surface area contributed by atoms with Crippen LogP contribution in [0.1, 0.15) is 34.9 Å². The third-order valence-electron chi connectivity index (χ3n) is 5.81. The number of ether oxygens (including phenoxy) is 1. The zero-order valence-corrected chi connectivity index (χ0v) is 17.3. The highest BCUT2D eigenvalue weighted by Gasteiger charge is 2.59. The SMILES string of the molecule is COc1ccc(C(=O)N[C@@H]2CC3CN(S(C)(=O)=O)C[C@@]3(c3nc(C)no3)C2)cn1. The first-order chi connectivity index (χ1) is 13.7. The van der Waals surface area contributed by atoms with Crippen molar-refractivity contribution in [3.8, 4) is 5.88 Å². The van der Waals surface area contributed by atoms with E-state index < -0.39 is 15.4 Å². The highest BCUT2D eigenvalue weighted by atomic mass is 32.2. The molecule has 1 unspecified atom stereocenters. The van der Waals surface area contributed by atoms with Crippen LogP contribution in [0.25, 0.3) is 0 Å². The number of nitrogens with one attached hydrogen (secondary N) is 1. The lowest BCUT2D eigenvalue weighted by Gasteiger charge is -2.24. The van der Waals surface area contributed by atoms with E-state index in [1.807, 2.05) is 0 Å². The molecule has 3 heterocycles. The van der Waals surface area contributed by atoms with Gasteiger partial charge in [0.15, 0.2) is 5.82 Å². The summed E-state index contributed by atoms with van der Waals surface area (Å²) in [4.78, 5) is 21.1. The maximum atomic E-state index is 12.6. The first-order valence-corrected chi connectivity index (χ1v) is 11.1. The maximum Gasteiger partial charge on any atom is 0.253 e. The Hall–Kier alpha value is -2.53. The van der Waals surface area contributed by atoms with Crippen LogP contribution < -0.4 is 10.1 Å². The van der Waals surface area contributed by atoms with Crippen molar-refractivity contribution >= 4 is 15.9 Å². The Morgan fingerprint density at radius 2 is 2.21 bits per heavy atom. The molecule has 4 rings (SSSR count). The molecule has 10 nitrogen and oxygen atoms in total. The van der Waals surface area contributed by atoms with Crippen LogP contribution >= 0.6 is 0 Å². The van der Waals surface area contributed by atoms with Crippen molar-refractivity contribution in [2.45, 2.75) is 31.2 Å². The van der Waals surface area contributed by atoms with Crippen LogP contribution in [0.5, 0.6) is 5.88 Å². The van der Waals surface area contributed by atoms with Gasteiger partial charge in [-0.2, -0.15) is 4.98 Å². The van der Waals surface area contributed by atoms with E-state index in [-0.39, 0.29) is 24.4 Å². The Morgan fingerprint density at radius 1 is 1.41 bits per heavy atom. The molecule has 2 aliphatic rings. The monoisotopic (exact) mass is 421 g/mol. The van der Waals surface area contributed by atoms with Gasteiger partial charge in [-0.25, -0.2) is 17.7 Å². The Balaban J connectivity index is 1.55. The first kappa shape index (κ1) is 19.8. The van der Waals surface area contributed by atoms with Crippen molar-refractivity contribution < 1.29 is 22.5 Å². The quantitative estimate of drug-likeness (QED) is 0.739. The second-order valence-corrected chi connectivity index (χ2v) is 9.74. The number of carbonyl (C=O) groups is 1. The van der Waals surface area contributed by atoms with Gasteiger partial charge in [-0.1, -0.05) is 5.16 Å². The summed E-state index contributed by atoms with van der Waals surface area (Å²) in [6.45, 7) is 2.37. The number of aromatic nitrogens is 3. The van der Waals surface area contributed by atoms with Gasteiger partial charge < -0.3 is 14.6 Å². The number of nitrogens with zero attached hydrogens (tertiary/aromatic N) is 4. The smallest absolute Gasteiger partial charge is 0.253 e. The largest absolute Gasteiger partial charge is 0.481 e. The molecule has 0 aromatic carbocycles. The number of pyridine rings is 1. The standard InChI is InChI=1S/C18H23N5O5S/c1-11-20-17(28-22-11)18-7-14(6-13(18)9-23(10-18)29(3,25)26)21-16(24)12-4-5-15(27-2)19-8-12/h4-5,8,13-14H,6-7,9-10H2,1-3H3,(H,21,24)/t13?,14-,18+/m1/s1. The number of sulfonamides is 1. The zero-order valence-electron chi connectivity index (χ0n) is 16.5. The van der Waals surface area contributed by atoms with Gasteiger partial charge >= 0.3 is 0 Å². The summed E-state index contributed by atoms with van der Waals surface area (Å²) < 4.78 is 36.2. The van der Waals surface area contributed by atoms with E-state index in [1.165, 1.54) is 23.9 Å². The number of methoxy groups -OCH3 is 1. The fourth-order valence-electron chi connectivity index (χ4n) is 4.42. The van der Waals surface area contributed by atoms with Gasteiger partial charge in [-0.15, -0.1) is 0 Å². The number of rotatable bonds is 5. The molecule has 1 aliphatic carbocycles. The molecule has 2 aromatic heterocycles. The van der Waals surface area contributed by atoms with Crippen molar-refractivity contribution in [3.63, 3.8) is 0 Å². The number of fused-ring (bicyclic) bond motifs is 1. The fraction of sp³-hybridized carbons (Fsp3) is 0.556. The summed E-state index contributed by atoms with van der Waals surface area (Å²) >= 11 is 0. The summed E-state index contributed by atoms with van der Waals surface area (Å²) in [5, 5.41) is 6.93. The van der Waals surface area contributed by atoms with Gasteiger partial charge in [0.05, 0.1) is 24.3 Å². The zero-order chi connectivity index (χ0) is 20.8. The van der Waals surface area contributed by atoms with E-state index >= 15 is 0 Å². The lowest BCUT2D eigenvalue weighted by atomic mass is 9.80. The normalized spacial score (nSPS) is 27.0. The van der Waals surface area contributed by atoms with Crippen molar-refractivity contribution in [3.05, 3.63) is 35.6 Å². The van der Waals surface area contributed by atoms with E-state index in [2.05, 4.69) is 20.4 Å². The van der Waals surface area contributed by atoms with Crippen LogP contribution in [-0.2, 0) is 15.4 Å². The van der Waals surface area contributed by atoms with Gasteiger partial charge in [-0.05, 0) is 31.7 Å². The number of hydrogen-bond acceptors (Lipinski definition) is 8. The van der Waals surface area contributed by atoms with Crippen LogP contribution in [0.15, 0.2) is 22.9 Å². The molecule has 3 atom stereocenters. The molecule has 1 saturated carbocycles. The van der Waals surface area contributed by atoms with Crippen LogP contribution in [-0.4, -0.2) is 66.3 Å². The maximum absolute atomic E-state index is 12.6. The van der Waals surface area contributed by atoms with Gasteiger partial charge in [0, 0.05) is 31.4 Å². The molecule has 0 radical (unpaired) electrons. The number of hydrogen-bond donors (Lipinski definition) is 1. The predicted octanol–water partition coefficient (Wildman–Crippen LogP) is 0.503. The number of carbonyl (C=O) groups excluding carboxylic acids is 1. The summed E-state index contributed by atoms with van der Waals surface area (Å²) in [6.07, 6.45) is 3.83. The minimum Gasteiger partial charge on any atom is -0.481 e. The van der Waals surface area contributed by atoms with Crippen LogP contribution in [0.4, 0.5) is 0 Å². The average molecular weight is 421 g/mol. The molecule has 11 heteroatoms. The second kappa shape index (κ2) is 7.06. The Morgan fingerprint density at radius 3 is 2.79 bits per heavy atom. The first-order valence-electron chi connectivity index (χ1n) is 9.28. The van der Waals surface area contributed by atoms with Gasteiger partial charge in [0.25, 0.3) is 5.91 Å². The highest BCUT2D eigenvalue weighted by Crippen LogP contribution is 2.50. The molecule has 1 amide bonds. The Labute approximate surface area is 168 Å². The summed E-state index contributed by atoms with van der Waals surface area (Å²) in [5.41, 5.74) is -0.163. The molecule has 2 aromatic rings. The van der Waals surface area contributed by atoms with Crippen LogP contribution in [0, 0.1) is 12.8 Å². The topological polar surface area (TPSA) is 128 Å². The molecule has 156 valence electrons. The van der Waals surface area contributed by atoms with Crippen molar-refractivity contribution in [2.24, 2.45) is 5.92 Å². The van der Waals surface area contributed by atoms with E-state index in [4.69, 9.17) is 9.26 Å². The summed E-state index contributed by atoms with van der Waals surface area (Å²) in [7, 11) is -1.83. The second-order valence-electron chi connectivity index (χ2n) is 7.75. The lowest BCUT2D eigenvalue weighted by molar-refractivity contribution is 0.0934. The minimum atomic E-state index is -3.34. The molecular weight excluding hydrogens is 398 g/mol. The van der Waals surface area contributed by atoms with Gasteiger partial charge in [0.1, 0.15) is 0 Å². The number of aryl methyl sites for hydroxylation is 1. The van der Waals surface area contributed by atoms with E-state index in [0.29, 0.717) is 42.5 Å². The minimum absolute atomic E-state index is 0.0173. The molecule has 1 saturated heterocycles. The van der Waals surface area contributed by atoms with Crippen LogP contribution in [0.3, 0.4) is 0 Å². The van der Waals surface area contributed by atoms with Crippen LogP contribution in [0.2, 0.25) is 0 Å². The van der Waals surface area contributed by atoms with E-state index in [1.54, 1.807) is 19.1 Å². The summed E-state index contributed by atoms with van der Waals surface area (Å²) in [5.74, 6) is 1.12. The highest BCUT2D eigenvalue weighted by molar-refractivity contribution is 7.88. The third-order valence-corrected chi connectivity index (χ3v) is 7.03. The van der Waals surface area contributed by atoms with Crippen molar-refractivity contribution in [1.29, 1.82) is 0 Å². The van der Waals surface area contributed by atoms with Crippen molar-refractivity contribution in [1.82, 2.24) is 24.7 Å². The Kier molecular flexibility index (Phi) is 4.82. The molecular formula is C18H23N5O5S. The van der Waals surface area contributed by atoms with Gasteiger partial charge in [0.2, 0.25) is 21.8 Å². The van der Waals surface area contributed by atoms with E-state index in [9.17, 15) is 13.2 Å². The lowest BCUT2D eigenvalue weighted by Crippen LogP contribution is -2.39. The molecule has 0 bridgehead atoms. The fourth-order valence-corrected chi connectivity index (χ4v) is 5.34. The third kappa shape index (κ3) is 3.60. The Bertz CT molecular complexity index is 1020. The molecule has 1 aliphatic heterocycles. The van der Waals surface area contributed by atoms with E-state index in [0.717, 1.165) is 0 Å². The summed E-state index contributed by atoms with van der Waals surface area (Å²) in [6, 6.07) is 3.15. The molecule has 0 spiro atoms. The molecule has 29 heavy (non-hydrogen) atoms. The average Bonchev–Trinajstić information content (AvgIpc) is 3.34. The van der Waals surface area contributed by atoms with Gasteiger partial charge in [-0.3, -0.25) is 4.79 Å². The molecule has 2 fully saturated rings. The predicted molar refractivity (Wildman–Crippen MR) is 102 cm³/mol. The number of amides is 1. The molecule has 1 N–H and O–H groups in total. The van der Waals surface area contributed by atoms with Crippen molar-refractivity contribution in [2.75, 3.05) is 26.5 Å².